The van der Waals surface area contributed by atoms with Gasteiger partial charge in [0.05, 0.1) is 6.61 Å². The maximum atomic E-state index is 14.1. The summed E-state index contributed by atoms with van der Waals surface area (Å²) in [6.45, 7) is 14.6. The number of carbonyl (C=O) groups excluding carboxylic acids is 3. The number of hydrogen-bond acceptors (Lipinski definition) is 5. The van der Waals surface area contributed by atoms with E-state index >= 15 is 0 Å². The molecule has 0 aliphatic heterocycles. The normalized spacial score (nSPS) is 12.7. The minimum atomic E-state index is -1.29. The van der Waals surface area contributed by atoms with E-state index < -0.39 is 36.3 Å². The van der Waals surface area contributed by atoms with Crippen LogP contribution in [-0.4, -0.2) is 52.7 Å². The fraction of sp³-hybridized carbons (Fsp3) is 0.485. The number of alkyl carbamates (subject to hydrolysis) is 1. The van der Waals surface area contributed by atoms with Gasteiger partial charge in [-0.2, -0.15) is 0 Å². The van der Waals surface area contributed by atoms with Crippen LogP contribution in [-0.2, 0) is 14.3 Å². The van der Waals surface area contributed by atoms with E-state index in [-0.39, 0.29) is 12.5 Å². The first-order valence-electron chi connectivity index (χ1n) is 14.4. The molecule has 0 heterocycles. The van der Waals surface area contributed by atoms with Crippen molar-refractivity contribution in [1.29, 1.82) is 0 Å². The van der Waals surface area contributed by atoms with Gasteiger partial charge in [0.2, 0.25) is 5.91 Å². The van der Waals surface area contributed by atoms with E-state index in [1.165, 1.54) is 4.90 Å². The molecule has 41 heavy (non-hydrogen) atoms. The molecule has 8 heteroatoms. The predicted octanol–water partition coefficient (Wildman–Crippen LogP) is 6.31. The number of rotatable bonds is 14. The molecule has 0 aliphatic rings. The van der Waals surface area contributed by atoms with Crippen LogP contribution < -0.4 is 10.6 Å². The van der Waals surface area contributed by atoms with Crippen LogP contribution in [0.2, 0.25) is 0 Å². The molecule has 2 rings (SSSR count). The molecule has 0 radical (unpaired) electrons. The van der Waals surface area contributed by atoms with Crippen molar-refractivity contribution in [3.8, 4) is 0 Å². The lowest BCUT2D eigenvalue weighted by Gasteiger charge is -2.34. The first-order chi connectivity index (χ1) is 19.4. The van der Waals surface area contributed by atoms with Crippen LogP contribution in [0, 0.1) is 13.8 Å². The number of nitrogens with zero attached hydrogens (tertiary/aromatic N) is 1. The molecule has 0 aliphatic carbocycles. The number of aliphatic hydroxyl groups excluding tert-OH is 1. The Balaban J connectivity index is 2.55. The van der Waals surface area contributed by atoms with Crippen molar-refractivity contribution in [3.63, 3.8) is 0 Å². The van der Waals surface area contributed by atoms with Gasteiger partial charge in [-0.3, -0.25) is 9.59 Å². The zero-order valence-corrected chi connectivity index (χ0v) is 25.5. The molecular formula is C33H47N3O5. The third-order valence-corrected chi connectivity index (χ3v) is 6.71. The minimum Gasteiger partial charge on any atom is -0.444 e. The summed E-state index contributed by atoms with van der Waals surface area (Å²) < 4.78 is 5.33. The summed E-state index contributed by atoms with van der Waals surface area (Å²) >= 11 is 0. The molecule has 2 unspecified atom stereocenters. The highest BCUT2D eigenvalue weighted by Gasteiger charge is 2.36. The maximum absolute atomic E-state index is 14.1. The number of amides is 3. The highest BCUT2D eigenvalue weighted by atomic mass is 16.6. The smallest absolute Gasteiger partial charge is 0.408 e. The zero-order chi connectivity index (χ0) is 30.6. The van der Waals surface area contributed by atoms with Gasteiger partial charge in [-0.25, -0.2) is 4.79 Å². The lowest BCUT2D eigenvalue weighted by Crippen LogP contribution is -2.54. The van der Waals surface area contributed by atoms with Gasteiger partial charge in [-0.05, 0) is 69.4 Å². The fourth-order valence-corrected chi connectivity index (χ4v) is 4.62. The van der Waals surface area contributed by atoms with E-state index in [4.69, 9.17) is 4.74 Å². The SMILES string of the molecule is C=Cc1cccc(C(C(=O)Nc2c(C)cccc2C)N(CCCCCCC)C(=O)C(CO)NC(=O)OC(C)(C)C)c1. The number of unbranched alkanes of at least 4 members (excludes halogenated alkanes) is 4. The van der Waals surface area contributed by atoms with Gasteiger partial charge in [0.15, 0.2) is 0 Å². The molecule has 0 saturated heterocycles. The van der Waals surface area contributed by atoms with Crippen LogP contribution in [0.3, 0.4) is 0 Å². The molecule has 3 N–H and O–H groups in total. The topological polar surface area (TPSA) is 108 Å². The molecule has 0 bridgehead atoms. The standard InChI is InChI=1S/C33H47N3O5/c1-8-10-11-12-13-20-36(31(39)27(22-37)34-32(40)41-33(5,6)7)29(26-19-15-18-25(9-2)21-26)30(38)35-28-23(3)16-14-17-24(28)4/h9,14-19,21,27,29,37H,2,8,10-13,20,22H2,1,3-7H3,(H,34,40)(H,35,38). The Labute approximate surface area is 245 Å². The molecule has 0 fully saturated rings. The number of ether oxygens (including phenoxy) is 1. The first kappa shape index (κ1) is 33.6. The van der Waals surface area contributed by atoms with Crippen molar-refractivity contribution in [2.45, 2.75) is 91.3 Å². The van der Waals surface area contributed by atoms with Gasteiger partial charge in [-0.1, -0.05) is 81.7 Å². The van der Waals surface area contributed by atoms with E-state index in [2.05, 4.69) is 24.1 Å². The molecule has 224 valence electrons. The Kier molecular flexibility index (Phi) is 13.1. The van der Waals surface area contributed by atoms with Gasteiger partial charge in [0.1, 0.15) is 17.7 Å². The van der Waals surface area contributed by atoms with Crippen molar-refractivity contribution < 1.29 is 24.2 Å². The number of anilines is 1. The third-order valence-electron chi connectivity index (χ3n) is 6.71. The Bertz CT molecular complexity index is 1170. The number of para-hydroxylation sites is 1. The average molecular weight is 566 g/mol. The quantitative estimate of drug-likeness (QED) is 0.233. The summed E-state index contributed by atoms with van der Waals surface area (Å²) in [4.78, 5) is 42.2. The molecule has 8 nitrogen and oxygen atoms in total. The second-order valence-electron chi connectivity index (χ2n) is 11.4. The minimum absolute atomic E-state index is 0.262. The lowest BCUT2D eigenvalue weighted by molar-refractivity contribution is -0.141. The zero-order valence-electron chi connectivity index (χ0n) is 25.5. The Hall–Kier alpha value is -3.65. The monoisotopic (exact) mass is 565 g/mol. The molecule has 2 atom stereocenters. The number of hydrogen-bond donors (Lipinski definition) is 3. The van der Waals surface area contributed by atoms with Gasteiger partial charge >= 0.3 is 6.09 Å². The van der Waals surface area contributed by atoms with Crippen molar-refractivity contribution in [2.75, 3.05) is 18.5 Å². The largest absolute Gasteiger partial charge is 0.444 e. The van der Waals surface area contributed by atoms with Crippen molar-refractivity contribution in [1.82, 2.24) is 10.2 Å². The van der Waals surface area contributed by atoms with Crippen molar-refractivity contribution in [3.05, 3.63) is 71.3 Å². The van der Waals surface area contributed by atoms with E-state index in [0.717, 1.165) is 42.4 Å². The Morgan fingerprint density at radius 3 is 2.24 bits per heavy atom. The summed E-state index contributed by atoms with van der Waals surface area (Å²) in [5.41, 5.74) is 3.09. The molecule has 2 aromatic carbocycles. The lowest BCUT2D eigenvalue weighted by atomic mass is 9.99. The highest BCUT2D eigenvalue weighted by molar-refractivity contribution is 6.00. The molecule has 3 amide bonds. The number of aryl methyl sites for hydroxylation is 2. The van der Waals surface area contributed by atoms with Gasteiger partial charge in [0.25, 0.3) is 5.91 Å². The Morgan fingerprint density at radius 1 is 1.02 bits per heavy atom. The molecule has 0 saturated carbocycles. The summed E-state index contributed by atoms with van der Waals surface area (Å²) in [6, 6.07) is 10.8. The molecule has 0 aromatic heterocycles. The molecule has 2 aromatic rings. The van der Waals surface area contributed by atoms with Crippen molar-refractivity contribution in [2.24, 2.45) is 0 Å². The maximum Gasteiger partial charge on any atom is 0.408 e. The van der Waals surface area contributed by atoms with E-state index in [1.54, 1.807) is 32.9 Å². The first-order valence-corrected chi connectivity index (χ1v) is 14.4. The van der Waals surface area contributed by atoms with Crippen LogP contribution >= 0.6 is 0 Å². The summed E-state index contributed by atoms with van der Waals surface area (Å²) in [7, 11) is 0. The van der Waals surface area contributed by atoms with Crippen LogP contribution in [0.15, 0.2) is 49.0 Å². The molecule has 0 spiro atoms. The van der Waals surface area contributed by atoms with E-state index in [0.29, 0.717) is 17.7 Å². The number of benzene rings is 2. The molecular weight excluding hydrogens is 518 g/mol. The Morgan fingerprint density at radius 2 is 1.66 bits per heavy atom. The third kappa shape index (κ3) is 10.4. The van der Waals surface area contributed by atoms with Gasteiger partial charge in [0, 0.05) is 12.2 Å². The van der Waals surface area contributed by atoms with Crippen LogP contribution in [0.1, 0.15) is 88.1 Å². The highest BCUT2D eigenvalue weighted by Crippen LogP contribution is 2.28. The van der Waals surface area contributed by atoms with Gasteiger partial charge in [-0.15, -0.1) is 0 Å². The van der Waals surface area contributed by atoms with Crippen LogP contribution in [0.4, 0.5) is 10.5 Å². The second kappa shape index (κ2) is 16.0. The van der Waals surface area contributed by atoms with Crippen LogP contribution in [0.5, 0.6) is 0 Å². The number of aliphatic hydroxyl groups is 1. The second-order valence-corrected chi connectivity index (χ2v) is 11.4. The predicted molar refractivity (Wildman–Crippen MR) is 165 cm³/mol. The average Bonchev–Trinajstić information content (AvgIpc) is 2.91. The summed E-state index contributed by atoms with van der Waals surface area (Å²) in [5, 5.41) is 15.7. The summed E-state index contributed by atoms with van der Waals surface area (Å²) in [6.07, 6.45) is 5.54. The van der Waals surface area contributed by atoms with Crippen molar-refractivity contribution >= 4 is 29.7 Å². The fourth-order valence-electron chi connectivity index (χ4n) is 4.62. The van der Waals surface area contributed by atoms with E-state index in [9.17, 15) is 19.5 Å². The van der Waals surface area contributed by atoms with Crippen LogP contribution in [0.25, 0.3) is 6.08 Å². The number of carbonyl (C=O) groups is 3. The summed E-state index contributed by atoms with van der Waals surface area (Å²) in [5.74, 6) is -0.959. The van der Waals surface area contributed by atoms with E-state index in [1.807, 2.05) is 50.2 Å². The number of nitrogens with one attached hydrogen (secondary N) is 2. The van der Waals surface area contributed by atoms with Gasteiger partial charge < -0.3 is 25.4 Å².